The van der Waals surface area contributed by atoms with Crippen LogP contribution in [0.5, 0.6) is 0 Å². The first kappa shape index (κ1) is 22.1. The van der Waals surface area contributed by atoms with Gasteiger partial charge in [-0.05, 0) is 63.9 Å². The first-order chi connectivity index (χ1) is 14.6. The van der Waals surface area contributed by atoms with Crippen molar-refractivity contribution >= 4 is 17.6 Å². The van der Waals surface area contributed by atoms with Crippen molar-refractivity contribution in [3.05, 3.63) is 65.1 Å². The number of carbonyl (C=O) groups excluding carboxylic acids is 1. The van der Waals surface area contributed by atoms with Crippen LogP contribution in [-0.2, 0) is 4.74 Å². The molecule has 0 atom stereocenters. The number of benzene rings is 2. The van der Waals surface area contributed by atoms with Crippen LogP contribution in [0.25, 0.3) is 22.4 Å². The van der Waals surface area contributed by atoms with Gasteiger partial charge in [0.15, 0.2) is 5.82 Å². The molecule has 1 heterocycles. The second kappa shape index (κ2) is 9.04. The van der Waals surface area contributed by atoms with Gasteiger partial charge in [-0.15, -0.1) is 0 Å². The molecule has 0 saturated carbocycles. The van der Waals surface area contributed by atoms with E-state index in [1.165, 1.54) is 0 Å². The molecule has 3 rings (SSSR count). The molecule has 0 aliphatic heterocycles. The van der Waals surface area contributed by atoms with E-state index in [4.69, 9.17) is 4.74 Å². The summed E-state index contributed by atoms with van der Waals surface area (Å²) >= 11 is 0. The first-order valence-electron chi connectivity index (χ1n) is 10.2. The number of amides is 1. The Morgan fingerprint density at radius 3 is 2.32 bits per heavy atom. The molecular formula is C24H28N4O3. The standard InChI is InChI=1S/C24H28N4O3/c1-15(2)26-21-22(29)28-20(14-25-21)18-11-17(16-9-7-6-8-10-16)12-19(13-18)27-23(30)31-24(3,4)5/h6-15H,1-5H3,(H,25,26)(H,27,30)(H,28,29). The van der Waals surface area contributed by atoms with Crippen LogP contribution in [-0.4, -0.2) is 27.7 Å². The van der Waals surface area contributed by atoms with E-state index in [1.807, 2.05) is 77.1 Å². The van der Waals surface area contributed by atoms with Gasteiger partial charge >= 0.3 is 6.09 Å². The molecule has 31 heavy (non-hydrogen) atoms. The fourth-order valence-corrected chi connectivity index (χ4v) is 3.00. The minimum Gasteiger partial charge on any atom is -0.444 e. The van der Waals surface area contributed by atoms with E-state index in [9.17, 15) is 9.59 Å². The van der Waals surface area contributed by atoms with Crippen LogP contribution in [0.15, 0.2) is 59.5 Å². The van der Waals surface area contributed by atoms with Crippen molar-refractivity contribution in [1.82, 2.24) is 9.97 Å². The average molecular weight is 421 g/mol. The van der Waals surface area contributed by atoms with E-state index in [0.717, 1.165) is 11.1 Å². The fraction of sp³-hybridized carbons (Fsp3) is 0.292. The Hall–Kier alpha value is -3.61. The molecular weight excluding hydrogens is 392 g/mol. The maximum Gasteiger partial charge on any atom is 0.412 e. The minimum absolute atomic E-state index is 0.0884. The maximum atomic E-state index is 12.5. The first-order valence-corrected chi connectivity index (χ1v) is 10.2. The molecule has 0 bridgehead atoms. The van der Waals surface area contributed by atoms with Gasteiger partial charge in [0, 0.05) is 17.3 Å². The Balaban J connectivity index is 2.02. The molecule has 0 spiro atoms. The predicted octanol–water partition coefficient (Wildman–Crippen LogP) is 5.27. The average Bonchev–Trinajstić information content (AvgIpc) is 2.68. The van der Waals surface area contributed by atoms with Crippen LogP contribution < -0.4 is 16.2 Å². The number of H-pyrrole nitrogens is 1. The topological polar surface area (TPSA) is 96.1 Å². The summed E-state index contributed by atoms with van der Waals surface area (Å²) < 4.78 is 5.38. The quantitative estimate of drug-likeness (QED) is 0.522. The van der Waals surface area contributed by atoms with Crippen LogP contribution in [0, 0.1) is 0 Å². The Labute approximate surface area is 181 Å². The van der Waals surface area contributed by atoms with Gasteiger partial charge in [0.2, 0.25) is 0 Å². The zero-order valence-electron chi connectivity index (χ0n) is 18.4. The van der Waals surface area contributed by atoms with E-state index in [0.29, 0.717) is 16.9 Å². The molecule has 0 aliphatic carbocycles. The van der Waals surface area contributed by atoms with Gasteiger partial charge in [0.1, 0.15) is 5.60 Å². The van der Waals surface area contributed by atoms with Gasteiger partial charge in [-0.25, -0.2) is 9.78 Å². The Morgan fingerprint density at radius 2 is 1.71 bits per heavy atom. The summed E-state index contributed by atoms with van der Waals surface area (Å²) in [5.41, 5.74) is 2.75. The molecule has 0 fully saturated rings. The molecule has 3 aromatic rings. The van der Waals surface area contributed by atoms with E-state index < -0.39 is 11.7 Å². The Kier molecular flexibility index (Phi) is 6.44. The molecule has 7 nitrogen and oxygen atoms in total. The summed E-state index contributed by atoms with van der Waals surface area (Å²) in [6.07, 6.45) is 1.06. The number of carbonyl (C=O) groups is 1. The highest BCUT2D eigenvalue weighted by Crippen LogP contribution is 2.29. The Morgan fingerprint density at radius 1 is 1.03 bits per heavy atom. The van der Waals surface area contributed by atoms with Crippen molar-refractivity contribution in [3.8, 4) is 22.4 Å². The monoisotopic (exact) mass is 420 g/mol. The largest absolute Gasteiger partial charge is 0.444 e. The summed E-state index contributed by atoms with van der Waals surface area (Å²) in [7, 11) is 0. The summed E-state index contributed by atoms with van der Waals surface area (Å²) in [5.74, 6) is 0.269. The Bertz CT molecular complexity index is 1120. The SMILES string of the molecule is CC(C)Nc1ncc(-c2cc(NC(=O)OC(C)(C)C)cc(-c3ccccc3)c2)[nH]c1=O. The number of aromatic amines is 1. The van der Waals surface area contributed by atoms with Crippen LogP contribution in [0.2, 0.25) is 0 Å². The zero-order chi connectivity index (χ0) is 22.6. The molecule has 1 amide bonds. The number of anilines is 2. The number of nitrogens with zero attached hydrogens (tertiary/aromatic N) is 1. The molecule has 7 heteroatoms. The summed E-state index contributed by atoms with van der Waals surface area (Å²) in [6, 6.07) is 15.5. The normalized spacial score (nSPS) is 11.3. The lowest BCUT2D eigenvalue weighted by Gasteiger charge is -2.20. The number of aromatic nitrogens is 2. The van der Waals surface area contributed by atoms with Crippen molar-refractivity contribution in [1.29, 1.82) is 0 Å². The highest BCUT2D eigenvalue weighted by molar-refractivity contribution is 5.88. The summed E-state index contributed by atoms with van der Waals surface area (Å²) in [5, 5.41) is 5.80. The smallest absolute Gasteiger partial charge is 0.412 e. The molecule has 2 aromatic carbocycles. The highest BCUT2D eigenvalue weighted by atomic mass is 16.6. The highest BCUT2D eigenvalue weighted by Gasteiger charge is 2.17. The van der Waals surface area contributed by atoms with Crippen LogP contribution in [0.1, 0.15) is 34.6 Å². The molecule has 3 N–H and O–H groups in total. The number of hydrogen-bond acceptors (Lipinski definition) is 5. The molecule has 1 aromatic heterocycles. The van der Waals surface area contributed by atoms with Gasteiger partial charge in [0.25, 0.3) is 5.56 Å². The van der Waals surface area contributed by atoms with Crippen LogP contribution in [0.4, 0.5) is 16.3 Å². The summed E-state index contributed by atoms with van der Waals surface area (Å²) in [6.45, 7) is 9.30. The van der Waals surface area contributed by atoms with Gasteiger partial charge in [-0.1, -0.05) is 30.3 Å². The third kappa shape index (κ3) is 6.18. The third-order valence-electron chi connectivity index (χ3n) is 4.21. The van der Waals surface area contributed by atoms with E-state index >= 15 is 0 Å². The van der Waals surface area contributed by atoms with Gasteiger partial charge < -0.3 is 15.0 Å². The molecule has 0 aliphatic rings. The number of rotatable bonds is 5. The fourth-order valence-electron chi connectivity index (χ4n) is 3.00. The molecule has 0 saturated heterocycles. The maximum absolute atomic E-state index is 12.5. The summed E-state index contributed by atoms with van der Waals surface area (Å²) in [4.78, 5) is 31.9. The third-order valence-corrected chi connectivity index (χ3v) is 4.21. The van der Waals surface area contributed by atoms with Gasteiger partial charge in [0.05, 0.1) is 11.9 Å². The second-order valence-electron chi connectivity index (χ2n) is 8.57. The lowest BCUT2D eigenvalue weighted by atomic mass is 10.0. The number of nitrogens with one attached hydrogen (secondary N) is 3. The van der Waals surface area contributed by atoms with Crippen molar-refractivity contribution < 1.29 is 9.53 Å². The lowest BCUT2D eigenvalue weighted by molar-refractivity contribution is 0.0636. The second-order valence-corrected chi connectivity index (χ2v) is 8.57. The van der Waals surface area contributed by atoms with E-state index in [1.54, 1.807) is 12.3 Å². The van der Waals surface area contributed by atoms with Gasteiger partial charge in [-0.3, -0.25) is 10.1 Å². The lowest BCUT2D eigenvalue weighted by Crippen LogP contribution is -2.27. The molecule has 162 valence electrons. The predicted molar refractivity (Wildman–Crippen MR) is 124 cm³/mol. The zero-order valence-corrected chi connectivity index (χ0v) is 18.4. The van der Waals surface area contributed by atoms with Crippen molar-refractivity contribution in [3.63, 3.8) is 0 Å². The van der Waals surface area contributed by atoms with Crippen LogP contribution in [0.3, 0.4) is 0 Å². The number of ether oxygens (including phenoxy) is 1. The number of hydrogen-bond donors (Lipinski definition) is 3. The van der Waals surface area contributed by atoms with Crippen molar-refractivity contribution in [2.24, 2.45) is 0 Å². The van der Waals surface area contributed by atoms with E-state index in [2.05, 4.69) is 20.6 Å². The minimum atomic E-state index is -0.613. The van der Waals surface area contributed by atoms with E-state index in [-0.39, 0.29) is 17.4 Å². The molecule has 0 radical (unpaired) electrons. The van der Waals surface area contributed by atoms with Crippen molar-refractivity contribution in [2.75, 3.05) is 10.6 Å². The van der Waals surface area contributed by atoms with Crippen molar-refractivity contribution in [2.45, 2.75) is 46.3 Å². The van der Waals surface area contributed by atoms with Crippen LogP contribution >= 0.6 is 0 Å². The van der Waals surface area contributed by atoms with Gasteiger partial charge in [-0.2, -0.15) is 0 Å². The molecule has 0 unspecified atom stereocenters.